The second-order valence-corrected chi connectivity index (χ2v) is 4.67. The lowest BCUT2D eigenvalue weighted by molar-refractivity contribution is -0.150. The molecule has 120 valence electrons. The van der Waals surface area contributed by atoms with Gasteiger partial charge in [-0.3, -0.25) is 0 Å². The minimum absolute atomic E-state index is 0.402. The molecule has 1 rings (SSSR count). The SMILES string of the molecule is CC(O)C(c1cc(C(F)(F)F)nc(C(F)(F)F)c1)C(C)O. The molecule has 0 saturated carbocycles. The molecule has 2 unspecified atom stereocenters. The number of nitrogens with zero attached hydrogens (tertiary/aromatic N) is 1. The number of halogens is 6. The summed E-state index contributed by atoms with van der Waals surface area (Å²) in [7, 11) is 0. The Kier molecular flexibility index (Phi) is 4.89. The van der Waals surface area contributed by atoms with Crippen LogP contribution in [0.1, 0.15) is 36.7 Å². The Labute approximate surface area is 116 Å². The first-order valence-electron chi connectivity index (χ1n) is 5.86. The Morgan fingerprint density at radius 3 is 1.43 bits per heavy atom. The van der Waals surface area contributed by atoms with Gasteiger partial charge < -0.3 is 10.2 Å². The van der Waals surface area contributed by atoms with Gasteiger partial charge in [0.15, 0.2) is 0 Å². The van der Waals surface area contributed by atoms with Crippen molar-refractivity contribution in [1.82, 2.24) is 4.98 Å². The molecule has 1 aromatic rings. The number of pyridine rings is 1. The zero-order chi connectivity index (χ0) is 16.6. The molecule has 0 radical (unpaired) electrons. The lowest BCUT2D eigenvalue weighted by Gasteiger charge is -2.24. The van der Waals surface area contributed by atoms with Gasteiger partial charge in [0.2, 0.25) is 0 Å². The number of aliphatic hydroxyl groups is 2. The molecular formula is C12H13F6NO2. The summed E-state index contributed by atoms with van der Waals surface area (Å²) < 4.78 is 75.9. The molecule has 0 amide bonds. The highest BCUT2D eigenvalue weighted by atomic mass is 19.4. The van der Waals surface area contributed by atoms with E-state index in [0.29, 0.717) is 12.1 Å². The van der Waals surface area contributed by atoms with Gasteiger partial charge in [-0.05, 0) is 31.5 Å². The van der Waals surface area contributed by atoms with Crippen LogP contribution in [0.3, 0.4) is 0 Å². The summed E-state index contributed by atoms with van der Waals surface area (Å²) in [4.78, 5) is 2.56. The van der Waals surface area contributed by atoms with Crippen LogP contribution in [0.5, 0.6) is 0 Å². The van der Waals surface area contributed by atoms with Gasteiger partial charge in [0.25, 0.3) is 0 Å². The van der Waals surface area contributed by atoms with Crippen molar-refractivity contribution in [3.63, 3.8) is 0 Å². The highest BCUT2D eigenvalue weighted by Gasteiger charge is 2.40. The summed E-state index contributed by atoms with van der Waals surface area (Å²) in [6, 6.07) is 0.804. The molecule has 1 aromatic heterocycles. The minimum atomic E-state index is -5.07. The standard InChI is InChI=1S/C12H13F6NO2/c1-5(20)10(6(2)21)7-3-8(11(13,14)15)19-9(4-7)12(16,17)18/h3-6,10,20-21H,1-2H3. The highest BCUT2D eigenvalue weighted by molar-refractivity contribution is 5.29. The van der Waals surface area contributed by atoms with Crippen molar-refractivity contribution in [1.29, 1.82) is 0 Å². The van der Waals surface area contributed by atoms with Crippen LogP contribution in [0, 0.1) is 0 Å². The second kappa shape index (κ2) is 5.80. The number of aliphatic hydroxyl groups excluding tert-OH is 2. The molecule has 0 aliphatic carbocycles. The van der Waals surface area contributed by atoms with E-state index in [4.69, 9.17) is 0 Å². The first kappa shape index (κ1) is 17.7. The van der Waals surface area contributed by atoms with Crippen LogP contribution in [0.15, 0.2) is 12.1 Å². The van der Waals surface area contributed by atoms with Crippen LogP contribution in [0.4, 0.5) is 26.3 Å². The third kappa shape index (κ3) is 4.31. The van der Waals surface area contributed by atoms with Crippen molar-refractivity contribution in [2.75, 3.05) is 0 Å². The molecule has 9 heteroatoms. The Morgan fingerprint density at radius 1 is 0.857 bits per heavy atom. The van der Waals surface area contributed by atoms with Gasteiger partial charge in [-0.1, -0.05) is 0 Å². The molecule has 21 heavy (non-hydrogen) atoms. The number of alkyl halides is 6. The van der Waals surface area contributed by atoms with Gasteiger partial charge in [0.05, 0.1) is 12.2 Å². The van der Waals surface area contributed by atoms with Crippen LogP contribution >= 0.6 is 0 Å². The third-order valence-corrected chi connectivity index (χ3v) is 2.85. The first-order valence-corrected chi connectivity index (χ1v) is 5.86. The van der Waals surface area contributed by atoms with Gasteiger partial charge in [-0.2, -0.15) is 26.3 Å². The van der Waals surface area contributed by atoms with Crippen LogP contribution in [0.25, 0.3) is 0 Å². The zero-order valence-electron chi connectivity index (χ0n) is 11.0. The molecule has 0 bridgehead atoms. The van der Waals surface area contributed by atoms with Gasteiger partial charge in [-0.25, -0.2) is 4.98 Å². The molecule has 0 saturated heterocycles. The van der Waals surface area contributed by atoms with Crippen LogP contribution in [0.2, 0.25) is 0 Å². The van der Waals surface area contributed by atoms with E-state index in [0.717, 1.165) is 0 Å². The van der Waals surface area contributed by atoms with E-state index in [1.54, 1.807) is 0 Å². The average molecular weight is 317 g/mol. The molecule has 0 fully saturated rings. The quantitative estimate of drug-likeness (QED) is 0.843. The fourth-order valence-electron chi connectivity index (χ4n) is 1.99. The summed E-state index contributed by atoms with van der Waals surface area (Å²) in [5, 5.41) is 19.0. The van der Waals surface area contributed by atoms with Gasteiger partial charge in [-0.15, -0.1) is 0 Å². The lowest BCUT2D eigenvalue weighted by Crippen LogP contribution is -2.27. The van der Waals surface area contributed by atoms with E-state index in [2.05, 4.69) is 4.98 Å². The second-order valence-electron chi connectivity index (χ2n) is 4.67. The van der Waals surface area contributed by atoms with E-state index in [-0.39, 0.29) is 0 Å². The molecule has 2 atom stereocenters. The largest absolute Gasteiger partial charge is 0.433 e. The summed E-state index contributed by atoms with van der Waals surface area (Å²) in [6.07, 6.45) is -12.8. The number of aromatic nitrogens is 1. The Hall–Kier alpha value is -1.35. The highest BCUT2D eigenvalue weighted by Crippen LogP contribution is 2.36. The van der Waals surface area contributed by atoms with Crippen molar-refractivity contribution in [3.05, 3.63) is 29.1 Å². The molecule has 0 spiro atoms. The maximum Gasteiger partial charge on any atom is 0.433 e. The van der Waals surface area contributed by atoms with E-state index < -0.39 is 47.4 Å². The molecule has 0 aliphatic heterocycles. The van der Waals surface area contributed by atoms with Crippen molar-refractivity contribution in [2.24, 2.45) is 0 Å². The normalized spacial score (nSPS) is 17.4. The predicted octanol–water partition coefficient (Wildman–Crippen LogP) is 2.96. The van der Waals surface area contributed by atoms with E-state index in [9.17, 15) is 36.6 Å². The van der Waals surface area contributed by atoms with Crippen LogP contribution in [-0.4, -0.2) is 27.4 Å². The predicted molar refractivity (Wildman–Crippen MR) is 60.3 cm³/mol. The van der Waals surface area contributed by atoms with Crippen molar-refractivity contribution < 1.29 is 36.6 Å². The average Bonchev–Trinajstić information content (AvgIpc) is 2.25. The van der Waals surface area contributed by atoms with E-state index in [1.165, 1.54) is 13.8 Å². The first-order chi connectivity index (χ1) is 9.34. The molecule has 1 heterocycles. The van der Waals surface area contributed by atoms with Gasteiger partial charge in [0, 0.05) is 5.92 Å². The number of hydrogen-bond acceptors (Lipinski definition) is 3. The minimum Gasteiger partial charge on any atom is -0.393 e. The van der Waals surface area contributed by atoms with Crippen LogP contribution in [-0.2, 0) is 12.4 Å². The third-order valence-electron chi connectivity index (χ3n) is 2.85. The summed E-state index contributed by atoms with van der Waals surface area (Å²) in [6.45, 7) is 2.33. The fraction of sp³-hybridized carbons (Fsp3) is 0.583. The maximum absolute atomic E-state index is 12.6. The fourth-order valence-corrected chi connectivity index (χ4v) is 1.99. The molecular weight excluding hydrogens is 304 g/mol. The Morgan fingerprint density at radius 2 is 1.19 bits per heavy atom. The molecule has 0 aliphatic rings. The Balaban J connectivity index is 3.51. The molecule has 2 N–H and O–H groups in total. The lowest BCUT2D eigenvalue weighted by atomic mass is 9.89. The monoisotopic (exact) mass is 317 g/mol. The summed E-state index contributed by atoms with van der Waals surface area (Å²) in [5.41, 5.74) is -3.92. The van der Waals surface area contributed by atoms with E-state index in [1.807, 2.05) is 0 Å². The van der Waals surface area contributed by atoms with Crippen molar-refractivity contribution in [3.8, 4) is 0 Å². The topological polar surface area (TPSA) is 53.4 Å². The Bertz CT molecular complexity index is 455. The zero-order valence-corrected chi connectivity index (χ0v) is 11.0. The summed E-state index contributed by atoms with van der Waals surface area (Å²) >= 11 is 0. The number of rotatable bonds is 3. The molecule has 3 nitrogen and oxygen atoms in total. The molecule has 0 aromatic carbocycles. The van der Waals surface area contributed by atoms with Gasteiger partial charge >= 0.3 is 12.4 Å². The smallest absolute Gasteiger partial charge is 0.393 e. The van der Waals surface area contributed by atoms with Crippen molar-refractivity contribution in [2.45, 2.75) is 44.3 Å². The maximum atomic E-state index is 12.6. The van der Waals surface area contributed by atoms with Crippen molar-refractivity contribution >= 4 is 0 Å². The summed E-state index contributed by atoms with van der Waals surface area (Å²) in [5.74, 6) is -1.30. The van der Waals surface area contributed by atoms with Gasteiger partial charge in [0.1, 0.15) is 11.4 Å². The number of hydrogen-bond donors (Lipinski definition) is 2. The van der Waals surface area contributed by atoms with E-state index >= 15 is 0 Å². The van der Waals surface area contributed by atoms with Crippen LogP contribution < -0.4 is 0 Å².